The molecule has 2 aliphatic carbocycles. The van der Waals surface area contributed by atoms with Gasteiger partial charge in [0.15, 0.2) is 0 Å². The van der Waals surface area contributed by atoms with E-state index < -0.39 is 15.6 Å². The lowest BCUT2D eigenvalue weighted by atomic mass is 9.82. The Morgan fingerprint density at radius 2 is 1.92 bits per heavy atom. The lowest BCUT2D eigenvalue weighted by Gasteiger charge is -2.32. The molecular formula is C17H25N3O4S. The third-order valence-corrected chi connectivity index (χ3v) is 6.34. The molecular weight excluding hydrogens is 342 g/mol. The number of nitrogens with one attached hydrogen (secondary N) is 2. The first-order chi connectivity index (χ1) is 11.8. The number of ether oxygens (including phenoxy) is 1. The number of hydrogen-bond acceptors (Lipinski definition) is 5. The quantitative estimate of drug-likeness (QED) is 0.709. The maximum Gasteiger partial charge on any atom is 0.244 e. The summed E-state index contributed by atoms with van der Waals surface area (Å²) < 4.78 is 32.7. The maximum atomic E-state index is 12.6. The molecule has 3 rings (SSSR count). The molecule has 2 saturated carbocycles. The molecule has 0 unspecified atom stereocenters. The van der Waals surface area contributed by atoms with E-state index in [1.54, 1.807) is 6.07 Å². The van der Waals surface area contributed by atoms with Crippen molar-refractivity contribution in [2.75, 3.05) is 12.4 Å². The summed E-state index contributed by atoms with van der Waals surface area (Å²) in [5, 5.41) is 2.77. The Bertz CT molecular complexity index is 753. The summed E-state index contributed by atoms with van der Waals surface area (Å²) in [4.78, 5) is 12.8. The van der Waals surface area contributed by atoms with Crippen LogP contribution in [-0.2, 0) is 14.8 Å². The predicted octanol–water partition coefficient (Wildman–Crippen LogP) is 1.74. The smallest absolute Gasteiger partial charge is 0.244 e. The third-order valence-electron chi connectivity index (χ3n) is 4.83. The SMILES string of the molecule is COc1ccc(S(=O)(=O)NC2CC2)cc1NC(=O)C1(N)CCCCC1. The van der Waals surface area contributed by atoms with Gasteiger partial charge in [0.1, 0.15) is 5.75 Å². The zero-order valence-electron chi connectivity index (χ0n) is 14.4. The largest absolute Gasteiger partial charge is 0.495 e. The number of nitrogens with two attached hydrogens (primary N) is 1. The van der Waals surface area contributed by atoms with Crippen molar-refractivity contribution < 1.29 is 17.9 Å². The first-order valence-electron chi connectivity index (χ1n) is 8.65. The van der Waals surface area contributed by atoms with Crippen molar-refractivity contribution in [3.8, 4) is 5.75 Å². The molecule has 4 N–H and O–H groups in total. The number of anilines is 1. The second-order valence-corrected chi connectivity index (χ2v) is 8.64. The van der Waals surface area contributed by atoms with Gasteiger partial charge in [0.05, 0.1) is 23.2 Å². The molecule has 1 aromatic rings. The summed E-state index contributed by atoms with van der Waals surface area (Å²) in [5.74, 6) is 0.105. The average Bonchev–Trinajstić information content (AvgIpc) is 3.38. The van der Waals surface area contributed by atoms with Crippen LogP contribution >= 0.6 is 0 Å². The molecule has 1 amide bonds. The van der Waals surface area contributed by atoms with Gasteiger partial charge in [-0.15, -0.1) is 0 Å². The van der Waals surface area contributed by atoms with E-state index in [4.69, 9.17) is 10.5 Å². The van der Waals surface area contributed by atoms with Crippen molar-refractivity contribution in [1.82, 2.24) is 4.72 Å². The highest BCUT2D eigenvalue weighted by Crippen LogP contribution is 2.32. The second kappa shape index (κ2) is 6.93. The summed E-state index contributed by atoms with van der Waals surface area (Å²) in [6, 6.07) is 4.45. The molecule has 1 aromatic carbocycles. The summed E-state index contributed by atoms with van der Waals surface area (Å²) in [6.45, 7) is 0. The number of carbonyl (C=O) groups excluding carboxylic acids is 1. The first-order valence-corrected chi connectivity index (χ1v) is 10.1. The Morgan fingerprint density at radius 1 is 1.24 bits per heavy atom. The normalized spacial score (nSPS) is 20.1. The molecule has 0 bridgehead atoms. The number of methoxy groups -OCH3 is 1. The van der Waals surface area contributed by atoms with Crippen molar-refractivity contribution >= 4 is 21.6 Å². The lowest BCUT2D eigenvalue weighted by Crippen LogP contribution is -2.52. The highest BCUT2D eigenvalue weighted by Gasteiger charge is 2.36. The molecule has 0 aromatic heterocycles. The van der Waals surface area contributed by atoms with Gasteiger partial charge >= 0.3 is 0 Å². The van der Waals surface area contributed by atoms with E-state index in [0.717, 1.165) is 32.1 Å². The zero-order valence-corrected chi connectivity index (χ0v) is 15.2. The minimum absolute atomic E-state index is 0.0136. The van der Waals surface area contributed by atoms with E-state index in [9.17, 15) is 13.2 Å². The van der Waals surface area contributed by atoms with Crippen LogP contribution in [0.25, 0.3) is 0 Å². The summed E-state index contributed by atoms with van der Waals surface area (Å²) in [6.07, 6.45) is 5.88. The van der Waals surface area contributed by atoms with Crippen molar-refractivity contribution in [2.45, 2.75) is 61.4 Å². The van der Waals surface area contributed by atoms with E-state index >= 15 is 0 Å². The van der Waals surface area contributed by atoms with Crippen LogP contribution in [0, 0.1) is 0 Å². The van der Waals surface area contributed by atoms with Crippen molar-refractivity contribution in [1.29, 1.82) is 0 Å². The van der Waals surface area contributed by atoms with E-state index in [1.807, 2.05) is 0 Å². The van der Waals surface area contributed by atoms with Crippen LogP contribution in [0.1, 0.15) is 44.9 Å². The van der Waals surface area contributed by atoms with E-state index in [2.05, 4.69) is 10.0 Å². The molecule has 25 heavy (non-hydrogen) atoms. The Balaban J connectivity index is 1.83. The number of benzene rings is 1. The van der Waals surface area contributed by atoms with Crippen LogP contribution in [0.3, 0.4) is 0 Å². The van der Waals surface area contributed by atoms with Gasteiger partial charge in [-0.05, 0) is 43.9 Å². The fourth-order valence-electron chi connectivity index (χ4n) is 3.10. The van der Waals surface area contributed by atoms with Crippen LogP contribution in [0.4, 0.5) is 5.69 Å². The maximum absolute atomic E-state index is 12.6. The van der Waals surface area contributed by atoms with Gasteiger partial charge in [0.2, 0.25) is 15.9 Å². The first kappa shape index (κ1) is 18.2. The van der Waals surface area contributed by atoms with Crippen LogP contribution in [-0.4, -0.2) is 33.0 Å². The number of amides is 1. The molecule has 138 valence electrons. The standard InChI is InChI=1S/C17H25N3O4S/c1-24-15-8-7-13(25(22,23)20-12-5-6-12)11-14(15)19-16(21)17(18)9-3-2-4-10-17/h7-8,11-12,20H,2-6,9-10,18H2,1H3,(H,19,21). The Hall–Kier alpha value is -1.64. The fraction of sp³-hybridized carbons (Fsp3) is 0.588. The van der Waals surface area contributed by atoms with Crippen molar-refractivity contribution in [3.05, 3.63) is 18.2 Å². The minimum atomic E-state index is -3.61. The van der Waals surface area contributed by atoms with Gasteiger partial charge in [-0.25, -0.2) is 13.1 Å². The highest BCUT2D eigenvalue weighted by molar-refractivity contribution is 7.89. The van der Waals surface area contributed by atoms with Gasteiger partial charge in [-0.2, -0.15) is 0 Å². The van der Waals surface area contributed by atoms with Crippen LogP contribution in [0.2, 0.25) is 0 Å². The van der Waals surface area contributed by atoms with E-state index in [-0.39, 0.29) is 16.8 Å². The van der Waals surface area contributed by atoms with E-state index in [0.29, 0.717) is 24.3 Å². The van der Waals surface area contributed by atoms with Crippen LogP contribution in [0.15, 0.2) is 23.1 Å². The third kappa shape index (κ3) is 4.13. The summed E-state index contributed by atoms with van der Waals surface area (Å²) in [5.41, 5.74) is 5.67. The molecule has 2 fully saturated rings. The van der Waals surface area contributed by atoms with Gasteiger partial charge in [-0.3, -0.25) is 4.79 Å². The molecule has 7 nitrogen and oxygen atoms in total. The summed E-state index contributed by atoms with van der Waals surface area (Å²) in [7, 11) is -2.14. The van der Waals surface area contributed by atoms with Gasteiger partial charge in [0.25, 0.3) is 0 Å². The molecule has 0 saturated heterocycles. The molecule has 8 heteroatoms. The van der Waals surface area contributed by atoms with Crippen molar-refractivity contribution in [2.24, 2.45) is 5.73 Å². The molecule has 0 radical (unpaired) electrons. The van der Waals surface area contributed by atoms with Crippen LogP contribution in [0.5, 0.6) is 5.75 Å². The predicted molar refractivity (Wildman–Crippen MR) is 95.0 cm³/mol. The number of hydrogen-bond donors (Lipinski definition) is 3. The topological polar surface area (TPSA) is 111 Å². The number of sulfonamides is 1. The molecule has 0 spiro atoms. The molecule has 0 aliphatic heterocycles. The van der Waals surface area contributed by atoms with Gasteiger partial charge < -0.3 is 15.8 Å². The molecule has 0 heterocycles. The lowest BCUT2D eigenvalue weighted by molar-refractivity contribution is -0.122. The summed E-state index contributed by atoms with van der Waals surface area (Å²) >= 11 is 0. The molecule has 0 atom stereocenters. The second-order valence-electron chi connectivity index (χ2n) is 6.93. The Labute approximate surface area is 148 Å². The fourth-order valence-corrected chi connectivity index (χ4v) is 4.43. The van der Waals surface area contributed by atoms with Gasteiger partial charge in [-0.1, -0.05) is 19.3 Å². The monoisotopic (exact) mass is 367 g/mol. The Kier molecular flexibility index (Phi) is 5.04. The number of rotatable bonds is 6. The Morgan fingerprint density at radius 3 is 2.52 bits per heavy atom. The highest BCUT2D eigenvalue weighted by atomic mass is 32.2. The zero-order chi connectivity index (χ0) is 18.1. The molecule has 2 aliphatic rings. The van der Waals surface area contributed by atoms with Crippen molar-refractivity contribution in [3.63, 3.8) is 0 Å². The van der Waals surface area contributed by atoms with Crippen LogP contribution < -0.4 is 20.5 Å². The number of carbonyl (C=O) groups is 1. The minimum Gasteiger partial charge on any atom is -0.495 e. The van der Waals surface area contributed by atoms with E-state index in [1.165, 1.54) is 19.2 Å². The average molecular weight is 367 g/mol. The van der Waals surface area contributed by atoms with Gasteiger partial charge in [0, 0.05) is 6.04 Å².